The highest BCUT2D eigenvalue weighted by molar-refractivity contribution is 7.10. The van der Waals surface area contributed by atoms with Crippen LogP contribution in [0.2, 0.25) is 0 Å². The van der Waals surface area contributed by atoms with Crippen LogP contribution in [0.25, 0.3) is 0 Å². The number of benzene rings is 1. The Balaban J connectivity index is 1.53. The first-order chi connectivity index (χ1) is 16.9. The van der Waals surface area contributed by atoms with Crippen LogP contribution in [0.3, 0.4) is 0 Å². The van der Waals surface area contributed by atoms with Gasteiger partial charge in [-0.15, -0.1) is 11.3 Å². The van der Waals surface area contributed by atoms with Crippen molar-refractivity contribution in [3.05, 3.63) is 51.7 Å². The Kier molecular flexibility index (Phi) is 8.28. The molecule has 2 aromatic rings. The van der Waals surface area contributed by atoms with Crippen LogP contribution in [0.1, 0.15) is 79.0 Å². The van der Waals surface area contributed by atoms with E-state index in [9.17, 15) is 18.8 Å². The van der Waals surface area contributed by atoms with Gasteiger partial charge in [-0.2, -0.15) is 0 Å². The van der Waals surface area contributed by atoms with Crippen LogP contribution in [0, 0.1) is 11.7 Å². The first-order valence-corrected chi connectivity index (χ1v) is 13.3. The quantitative estimate of drug-likeness (QED) is 0.538. The fraction of sp³-hybridized carbons (Fsp3) is 0.538. The van der Waals surface area contributed by atoms with Gasteiger partial charge in [-0.05, 0) is 69.8 Å². The zero-order chi connectivity index (χ0) is 24.9. The van der Waals surface area contributed by atoms with Gasteiger partial charge < -0.3 is 15.5 Å². The zero-order valence-electron chi connectivity index (χ0n) is 20.3. The number of nitrogens with one attached hydrogen (secondary N) is 2. The van der Waals surface area contributed by atoms with Crippen molar-refractivity contribution in [2.75, 3.05) is 13.6 Å². The van der Waals surface area contributed by atoms with Gasteiger partial charge in [-0.3, -0.25) is 14.4 Å². The molecule has 1 saturated heterocycles. The molecule has 2 fully saturated rings. The van der Waals surface area contributed by atoms with E-state index < -0.39 is 11.9 Å². The SMILES string of the molecule is CNC(C)C(=O)N[C@@H](C(=O)N1CCCC1c1nc(C(=O)c2ccc(F)cc2)cs1)C1CCCCC1. The van der Waals surface area contributed by atoms with Crippen LogP contribution >= 0.6 is 11.3 Å². The molecule has 2 aliphatic rings. The van der Waals surface area contributed by atoms with Crippen LogP contribution in [0.5, 0.6) is 0 Å². The van der Waals surface area contributed by atoms with Gasteiger partial charge in [0.05, 0.1) is 12.1 Å². The smallest absolute Gasteiger partial charge is 0.246 e. The summed E-state index contributed by atoms with van der Waals surface area (Å²) in [7, 11) is 1.73. The summed E-state index contributed by atoms with van der Waals surface area (Å²) < 4.78 is 13.2. The van der Waals surface area contributed by atoms with Crippen molar-refractivity contribution < 1.29 is 18.8 Å². The Bertz CT molecular complexity index is 1050. The van der Waals surface area contributed by atoms with Gasteiger partial charge in [0.2, 0.25) is 17.6 Å². The van der Waals surface area contributed by atoms with Crippen LogP contribution in [0.15, 0.2) is 29.6 Å². The predicted octanol–water partition coefficient (Wildman–Crippen LogP) is 3.85. The second-order valence-corrected chi connectivity index (χ2v) is 10.4. The molecular formula is C26H33FN4O3S. The summed E-state index contributed by atoms with van der Waals surface area (Å²) in [6.45, 7) is 2.39. The summed E-state index contributed by atoms with van der Waals surface area (Å²) >= 11 is 1.37. The molecule has 188 valence electrons. The van der Waals surface area contributed by atoms with Gasteiger partial charge in [0, 0.05) is 17.5 Å². The molecule has 1 aliphatic carbocycles. The van der Waals surface area contributed by atoms with Gasteiger partial charge in [0.25, 0.3) is 0 Å². The standard InChI is InChI=1S/C26H33FN4O3S/c1-16(28-2)24(33)30-22(17-7-4-3-5-8-17)26(34)31-14-6-9-21(31)25-29-20(15-35-25)23(32)18-10-12-19(27)13-11-18/h10-13,15-17,21-22,28H,3-9,14H2,1-2H3,(H,30,33)/t16?,21?,22-/m1/s1. The van der Waals surface area contributed by atoms with Crippen molar-refractivity contribution in [1.82, 2.24) is 20.5 Å². The third-order valence-electron chi connectivity index (χ3n) is 7.19. The molecule has 0 bridgehead atoms. The van der Waals surface area contributed by atoms with Crippen molar-refractivity contribution in [3.63, 3.8) is 0 Å². The fourth-order valence-electron chi connectivity index (χ4n) is 5.02. The number of likely N-dealkylation sites (N-methyl/N-ethyl adjacent to an activating group) is 1. The number of ketones is 1. The highest BCUT2D eigenvalue weighted by Crippen LogP contribution is 2.36. The Morgan fingerprint density at radius 2 is 1.80 bits per heavy atom. The number of likely N-dealkylation sites (tertiary alicyclic amines) is 1. The molecule has 2 heterocycles. The number of thiazole rings is 1. The number of hydrogen-bond acceptors (Lipinski definition) is 6. The van der Waals surface area contributed by atoms with E-state index in [-0.39, 0.29) is 35.6 Å². The summed E-state index contributed by atoms with van der Waals surface area (Å²) in [6, 6.07) is 4.25. The van der Waals surface area contributed by atoms with Gasteiger partial charge in [0.1, 0.15) is 22.6 Å². The molecule has 35 heavy (non-hydrogen) atoms. The Morgan fingerprint density at radius 3 is 2.49 bits per heavy atom. The summed E-state index contributed by atoms with van der Waals surface area (Å²) in [6.07, 6.45) is 6.76. The average Bonchev–Trinajstić information content (AvgIpc) is 3.56. The highest BCUT2D eigenvalue weighted by atomic mass is 32.1. The number of amides is 2. The molecule has 7 nitrogen and oxygen atoms in total. The fourth-order valence-corrected chi connectivity index (χ4v) is 5.96. The van der Waals surface area contributed by atoms with Crippen LogP contribution in [-0.4, -0.2) is 53.2 Å². The number of nitrogens with zero attached hydrogens (tertiary/aromatic N) is 2. The normalized spacial score (nSPS) is 20.4. The van der Waals surface area contributed by atoms with E-state index in [1.807, 2.05) is 4.90 Å². The highest BCUT2D eigenvalue weighted by Gasteiger charge is 2.40. The summed E-state index contributed by atoms with van der Waals surface area (Å²) in [5, 5.41) is 8.42. The molecule has 1 aromatic heterocycles. The number of aromatic nitrogens is 1. The lowest BCUT2D eigenvalue weighted by Crippen LogP contribution is -2.55. The van der Waals surface area contributed by atoms with Crippen LogP contribution in [0.4, 0.5) is 4.39 Å². The van der Waals surface area contributed by atoms with E-state index in [1.165, 1.54) is 35.6 Å². The third-order valence-corrected chi connectivity index (χ3v) is 8.14. The van der Waals surface area contributed by atoms with E-state index in [4.69, 9.17) is 0 Å². The lowest BCUT2D eigenvalue weighted by molar-refractivity contribution is -0.139. The first-order valence-electron chi connectivity index (χ1n) is 12.4. The topological polar surface area (TPSA) is 91.4 Å². The molecule has 1 aromatic carbocycles. The molecule has 2 unspecified atom stereocenters. The largest absolute Gasteiger partial charge is 0.343 e. The van der Waals surface area contributed by atoms with E-state index in [1.54, 1.807) is 19.4 Å². The monoisotopic (exact) mass is 500 g/mol. The Morgan fingerprint density at radius 1 is 1.09 bits per heavy atom. The minimum atomic E-state index is -0.556. The first kappa shape index (κ1) is 25.4. The lowest BCUT2D eigenvalue weighted by Gasteiger charge is -2.35. The molecule has 4 rings (SSSR count). The van der Waals surface area contributed by atoms with Crippen LogP contribution < -0.4 is 10.6 Å². The summed E-state index contributed by atoms with van der Waals surface area (Å²) in [4.78, 5) is 45.8. The summed E-state index contributed by atoms with van der Waals surface area (Å²) in [5.41, 5.74) is 0.678. The maximum absolute atomic E-state index is 13.8. The number of hydrogen-bond donors (Lipinski definition) is 2. The zero-order valence-corrected chi connectivity index (χ0v) is 21.1. The molecular weight excluding hydrogens is 467 g/mol. The molecule has 2 amide bonds. The van der Waals surface area contributed by atoms with E-state index in [0.717, 1.165) is 50.0 Å². The number of rotatable bonds is 8. The van der Waals surface area contributed by atoms with Gasteiger partial charge in [-0.25, -0.2) is 9.37 Å². The van der Waals surface area contributed by atoms with Gasteiger partial charge in [0.15, 0.2) is 0 Å². The van der Waals surface area contributed by atoms with Gasteiger partial charge in [-0.1, -0.05) is 19.3 Å². The molecule has 1 aliphatic heterocycles. The van der Waals surface area contributed by atoms with E-state index in [0.29, 0.717) is 17.8 Å². The maximum atomic E-state index is 13.8. The molecule has 3 atom stereocenters. The number of carbonyl (C=O) groups is 3. The second-order valence-electron chi connectivity index (χ2n) is 9.49. The number of carbonyl (C=O) groups excluding carboxylic acids is 3. The van der Waals surface area contributed by atoms with Crippen LogP contribution in [-0.2, 0) is 9.59 Å². The van der Waals surface area contributed by atoms with Crippen molar-refractivity contribution in [2.24, 2.45) is 5.92 Å². The second kappa shape index (κ2) is 11.4. The number of halogens is 1. The van der Waals surface area contributed by atoms with E-state index >= 15 is 0 Å². The summed E-state index contributed by atoms with van der Waals surface area (Å²) in [5.74, 6) is -0.773. The molecule has 0 spiro atoms. The van der Waals surface area contributed by atoms with Crippen molar-refractivity contribution in [2.45, 2.75) is 70.0 Å². The van der Waals surface area contributed by atoms with Crippen molar-refractivity contribution in [1.29, 1.82) is 0 Å². The predicted molar refractivity (Wildman–Crippen MR) is 133 cm³/mol. The minimum Gasteiger partial charge on any atom is -0.343 e. The third kappa shape index (κ3) is 5.78. The van der Waals surface area contributed by atoms with Crippen molar-refractivity contribution >= 4 is 28.9 Å². The minimum absolute atomic E-state index is 0.0577. The average molecular weight is 501 g/mol. The maximum Gasteiger partial charge on any atom is 0.246 e. The molecule has 2 N–H and O–H groups in total. The molecule has 0 radical (unpaired) electrons. The molecule has 9 heteroatoms. The van der Waals surface area contributed by atoms with E-state index in [2.05, 4.69) is 15.6 Å². The Labute approximate surface area is 209 Å². The molecule has 1 saturated carbocycles. The van der Waals surface area contributed by atoms with Crippen molar-refractivity contribution in [3.8, 4) is 0 Å². The Hall–Kier alpha value is -2.65. The lowest BCUT2D eigenvalue weighted by atomic mass is 9.83. The van der Waals surface area contributed by atoms with Gasteiger partial charge >= 0.3 is 0 Å².